The average Bonchev–Trinajstić information content (AvgIpc) is 3.20. The molecule has 114 valence electrons. The van der Waals surface area contributed by atoms with Crippen LogP contribution in [0.2, 0.25) is 0 Å². The fraction of sp³-hybridized carbons (Fsp3) is 0.438. The predicted octanol–water partition coefficient (Wildman–Crippen LogP) is 3.48. The topological polar surface area (TPSA) is 47.3 Å². The molecule has 1 aromatic carbocycles. The normalized spacial score (nSPS) is 13.8. The van der Waals surface area contributed by atoms with Crippen molar-refractivity contribution in [2.24, 2.45) is 5.92 Å². The zero-order valence-electron chi connectivity index (χ0n) is 12.2. The molecule has 3 rings (SSSR count). The molecule has 1 fully saturated rings. The summed E-state index contributed by atoms with van der Waals surface area (Å²) in [5, 5.41) is 7.34. The Morgan fingerprint density at radius 3 is 2.81 bits per heavy atom. The van der Waals surface area contributed by atoms with E-state index in [1.807, 2.05) is 31.2 Å². The molecule has 1 N–H and O–H groups in total. The van der Waals surface area contributed by atoms with Gasteiger partial charge in [0.15, 0.2) is 0 Å². The lowest BCUT2D eigenvalue weighted by Gasteiger charge is -2.11. The Hall–Kier alpha value is -1.52. The Kier molecular flexibility index (Phi) is 5.65. The molecule has 1 aliphatic carbocycles. The second-order valence-electron chi connectivity index (χ2n) is 5.39. The van der Waals surface area contributed by atoms with Gasteiger partial charge in [0.25, 0.3) is 0 Å². The third kappa shape index (κ3) is 4.76. The quantitative estimate of drug-likeness (QED) is 0.850. The van der Waals surface area contributed by atoms with Gasteiger partial charge in [-0.1, -0.05) is 23.4 Å². The van der Waals surface area contributed by atoms with Crippen molar-refractivity contribution in [2.75, 3.05) is 6.61 Å². The van der Waals surface area contributed by atoms with E-state index in [0.717, 1.165) is 36.3 Å². The van der Waals surface area contributed by atoms with Gasteiger partial charge in [-0.2, -0.15) is 0 Å². The molecule has 0 atom stereocenters. The molecule has 21 heavy (non-hydrogen) atoms. The monoisotopic (exact) mass is 308 g/mol. The molecular formula is C16H21ClN2O2. The second-order valence-corrected chi connectivity index (χ2v) is 5.39. The van der Waals surface area contributed by atoms with E-state index in [1.165, 1.54) is 18.4 Å². The minimum absolute atomic E-state index is 0. The van der Waals surface area contributed by atoms with E-state index in [2.05, 4.69) is 16.5 Å². The first kappa shape index (κ1) is 15.9. The first-order valence-corrected chi connectivity index (χ1v) is 7.15. The molecule has 0 aliphatic heterocycles. The van der Waals surface area contributed by atoms with Crippen molar-refractivity contribution >= 4 is 12.4 Å². The zero-order valence-corrected chi connectivity index (χ0v) is 13.0. The van der Waals surface area contributed by atoms with Crippen LogP contribution in [-0.4, -0.2) is 11.8 Å². The Labute approximate surface area is 131 Å². The lowest BCUT2D eigenvalue weighted by Crippen LogP contribution is -2.14. The summed E-state index contributed by atoms with van der Waals surface area (Å²) in [6.45, 7) is 4.22. The third-order valence-corrected chi connectivity index (χ3v) is 3.44. The maximum Gasteiger partial charge on any atom is 0.133 e. The fourth-order valence-corrected chi connectivity index (χ4v) is 2.11. The molecule has 1 saturated carbocycles. The summed E-state index contributed by atoms with van der Waals surface area (Å²) in [7, 11) is 0. The van der Waals surface area contributed by atoms with E-state index in [4.69, 9.17) is 9.26 Å². The van der Waals surface area contributed by atoms with Gasteiger partial charge in [-0.3, -0.25) is 0 Å². The van der Waals surface area contributed by atoms with Gasteiger partial charge in [0.2, 0.25) is 0 Å². The number of aromatic nitrogens is 1. The van der Waals surface area contributed by atoms with E-state index in [0.29, 0.717) is 6.54 Å². The van der Waals surface area contributed by atoms with Gasteiger partial charge >= 0.3 is 0 Å². The highest BCUT2D eigenvalue weighted by atomic mass is 35.5. The second kappa shape index (κ2) is 7.48. The smallest absolute Gasteiger partial charge is 0.133 e. The highest BCUT2D eigenvalue weighted by Gasteiger charge is 2.22. The number of halogens is 1. The summed E-state index contributed by atoms with van der Waals surface area (Å²) in [5.74, 6) is 2.60. The van der Waals surface area contributed by atoms with Gasteiger partial charge < -0.3 is 14.6 Å². The van der Waals surface area contributed by atoms with Crippen LogP contribution in [0.3, 0.4) is 0 Å². The van der Waals surface area contributed by atoms with Crippen molar-refractivity contribution in [2.45, 2.75) is 32.9 Å². The molecule has 4 nitrogen and oxygen atoms in total. The number of hydrogen-bond acceptors (Lipinski definition) is 4. The lowest BCUT2D eigenvalue weighted by molar-refractivity contribution is 0.296. The largest absolute Gasteiger partial charge is 0.493 e. The van der Waals surface area contributed by atoms with Crippen LogP contribution in [-0.2, 0) is 13.1 Å². The van der Waals surface area contributed by atoms with E-state index >= 15 is 0 Å². The Balaban J connectivity index is 0.00000161. The fourth-order valence-electron chi connectivity index (χ4n) is 2.11. The molecule has 0 unspecified atom stereocenters. The first-order valence-electron chi connectivity index (χ1n) is 7.15. The van der Waals surface area contributed by atoms with Crippen molar-refractivity contribution < 1.29 is 9.26 Å². The van der Waals surface area contributed by atoms with Gasteiger partial charge in [0.05, 0.1) is 12.3 Å². The molecule has 2 aromatic rings. The van der Waals surface area contributed by atoms with E-state index in [9.17, 15) is 0 Å². The SMILES string of the molecule is Cc1cc(CNCc2ccccc2OCC2CC2)no1.Cl. The molecule has 5 heteroatoms. The number of ether oxygens (including phenoxy) is 1. The highest BCUT2D eigenvalue weighted by molar-refractivity contribution is 5.85. The number of nitrogens with one attached hydrogen (secondary N) is 1. The summed E-state index contributed by atoms with van der Waals surface area (Å²) in [5.41, 5.74) is 2.12. The van der Waals surface area contributed by atoms with Crippen molar-refractivity contribution in [3.05, 3.63) is 47.3 Å². The number of rotatable bonds is 7. The van der Waals surface area contributed by atoms with E-state index < -0.39 is 0 Å². The molecule has 1 aliphatic rings. The van der Waals surface area contributed by atoms with Gasteiger partial charge in [-0.25, -0.2) is 0 Å². The standard InChI is InChI=1S/C16H20N2O2.ClH/c1-12-8-15(18-20-12)10-17-9-14-4-2-3-5-16(14)19-11-13-6-7-13;/h2-5,8,13,17H,6-7,9-11H2,1H3;1H. The molecule has 0 bridgehead atoms. The number of hydrogen-bond donors (Lipinski definition) is 1. The van der Waals surface area contributed by atoms with Gasteiger partial charge in [-0.15, -0.1) is 12.4 Å². The molecule has 0 saturated heterocycles. The summed E-state index contributed by atoms with van der Waals surface area (Å²) in [4.78, 5) is 0. The highest BCUT2D eigenvalue weighted by Crippen LogP contribution is 2.30. The minimum Gasteiger partial charge on any atom is -0.493 e. The average molecular weight is 309 g/mol. The van der Waals surface area contributed by atoms with Crippen LogP contribution < -0.4 is 10.1 Å². The van der Waals surface area contributed by atoms with Crippen molar-refractivity contribution in [3.63, 3.8) is 0 Å². The molecule has 0 spiro atoms. The van der Waals surface area contributed by atoms with Gasteiger partial charge in [0, 0.05) is 24.7 Å². The van der Waals surface area contributed by atoms with Crippen LogP contribution in [0.4, 0.5) is 0 Å². The van der Waals surface area contributed by atoms with Crippen LogP contribution in [0, 0.1) is 12.8 Å². The molecule has 0 radical (unpaired) electrons. The van der Waals surface area contributed by atoms with E-state index in [-0.39, 0.29) is 12.4 Å². The molecule has 1 heterocycles. The molecule has 0 amide bonds. The van der Waals surface area contributed by atoms with Crippen molar-refractivity contribution in [1.29, 1.82) is 0 Å². The summed E-state index contributed by atoms with van der Waals surface area (Å²) in [6, 6.07) is 10.2. The number of nitrogens with zero attached hydrogens (tertiary/aromatic N) is 1. The number of para-hydroxylation sites is 1. The molecule has 1 aromatic heterocycles. The Morgan fingerprint density at radius 1 is 1.29 bits per heavy atom. The first-order chi connectivity index (χ1) is 9.81. The maximum absolute atomic E-state index is 5.89. The summed E-state index contributed by atoms with van der Waals surface area (Å²) >= 11 is 0. The van der Waals surface area contributed by atoms with Gasteiger partial charge in [-0.05, 0) is 31.7 Å². The van der Waals surface area contributed by atoms with Crippen LogP contribution >= 0.6 is 12.4 Å². The van der Waals surface area contributed by atoms with Crippen molar-refractivity contribution in [1.82, 2.24) is 10.5 Å². The van der Waals surface area contributed by atoms with Gasteiger partial charge in [0.1, 0.15) is 11.5 Å². The summed E-state index contributed by atoms with van der Waals surface area (Å²) in [6.07, 6.45) is 2.62. The number of aryl methyl sites for hydroxylation is 1. The van der Waals surface area contributed by atoms with E-state index in [1.54, 1.807) is 0 Å². The Bertz CT molecular complexity index is 567. The molecular weight excluding hydrogens is 288 g/mol. The van der Waals surface area contributed by atoms with Crippen LogP contribution in [0.25, 0.3) is 0 Å². The zero-order chi connectivity index (χ0) is 13.8. The third-order valence-electron chi connectivity index (χ3n) is 3.44. The Morgan fingerprint density at radius 2 is 2.10 bits per heavy atom. The van der Waals surface area contributed by atoms with Crippen LogP contribution in [0.15, 0.2) is 34.9 Å². The predicted molar refractivity (Wildman–Crippen MR) is 83.7 cm³/mol. The maximum atomic E-state index is 5.89. The summed E-state index contributed by atoms with van der Waals surface area (Å²) < 4.78 is 10.9. The van der Waals surface area contributed by atoms with Crippen LogP contribution in [0.1, 0.15) is 29.9 Å². The van der Waals surface area contributed by atoms with Crippen LogP contribution in [0.5, 0.6) is 5.75 Å². The number of benzene rings is 1. The minimum atomic E-state index is 0. The lowest BCUT2D eigenvalue weighted by atomic mass is 10.2. The van der Waals surface area contributed by atoms with Crippen molar-refractivity contribution in [3.8, 4) is 5.75 Å².